The van der Waals surface area contributed by atoms with Gasteiger partial charge in [-0.15, -0.1) is 0 Å². The highest BCUT2D eigenvalue weighted by Gasteiger charge is 2.32. The molecule has 0 aromatic carbocycles. The zero-order valence-electron chi connectivity index (χ0n) is 10.6. The van der Waals surface area contributed by atoms with Crippen LogP contribution in [0.5, 0.6) is 5.75 Å². The summed E-state index contributed by atoms with van der Waals surface area (Å²) in [5.41, 5.74) is 5.43. The van der Waals surface area contributed by atoms with E-state index in [1.807, 2.05) is 0 Å². The van der Waals surface area contributed by atoms with Crippen molar-refractivity contribution in [3.63, 3.8) is 0 Å². The molecule has 1 aromatic heterocycles. The van der Waals surface area contributed by atoms with Crippen LogP contribution < -0.4 is 15.8 Å². The van der Waals surface area contributed by atoms with Crippen LogP contribution in [0.25, 0.3) is 0 Å². The maximum absolute atomic E-state index is 9.66. The van der Waals surface area contributed by atoms with Crippen molar-refractivity contribution >= 4 is 11.6 Å². The van der Waals surface area contributed by atoms with Crippen molar-refractivity contribution in [2.24, 2.45) is 0 Å². The molecule has 6 nitrogen and oxygen atoms in total. The van der Waals surface area contributed by atoms with Crippen molar-refractivity contribution in [2.45, 2.75) is 37.6 Å². The molecule has 100 valence electrons. The van der Waals surface area contributed by atoms with Gasteiger partial charge in [-0.05, 0) is 12.8 Å². The fourth-order valence-corrected chi connectivity index (χ4v) is 2.48. The summed E-state index contributed by atoms with van der Waals surface area (Å²) in [5.74, 6) is 1.30. The molecule has 0 unspecified atom stereocenters. The smallest absolute Gasteiger partial charge is 0.203 e. The number of hydrogen-bond donors (Lipinski definition) is 3. The molecule has 2 rings (SSSR count). The molecule has 1 heterocycles. The van der Waals surface area contributed by atoms with Gasteiger partial charge in [-0.25, -0.2) is 9.97 Å². The van der Waals surface area contributed by atoms with Crippen LogP contribution >= 0.6 is 0 Å². The molecule has 1 saturated carbocycles. The highest BCUT2D eigenvalue weighted by molar-refractivity contribution is 5.62. The molecule has 0 saturated heterocycles. The number of anilines is 2. The fraction of sp³-hybridized carbons (Fsp3) is 0.667. The molecule has 1 aliphatic carbocycles. The number of rotatable bonds is 4. The van der Waals surface area contributed by atoms with E-state index in [2.05, 4.69) is 15.3 Å². The lowest BCUT2D eigenvalue weighted by atomic mass is 9.82. The Kier molecular flexibility index (Phi) is 3.86. The molecule has 0 spiro atoms. The molecule has 0 atom stereocenters. The molecule has 0 radical (unpaired) electrons. The first-order valence-electron chi connectivity index (χ1n) is 6.24. The lowest BCUT2D eigenvalue weighted by molar-refractivity contribution is 0.172. The van der Waals surface area contributed by atoms with Crippen LogP contribution in [0.2, 0.25) is 0 Å². The van der Waals surface area contributed by atoms with Crippen molar-refractivity contribution in [1.82, 2.24) is 9.97 Å². The predicted molar refractivity (Wildman–Crippen MR) is 69.5 cm³/mol. The maximum atomic E-state index is 9.66. The van der Waals surface area contributed by atoms with Gasteiger partial charge in [-0.1, -0.05) is 19.3 Å². The van der Waals surface area contributed by atoms with Gasteiger partial charge in [0.2, 0.25) is 5.75 Å². The maximum Gasteiger partial charge on any atom is 0.203 e. The minimum absolute atomic E-state index is 0.0834. The summed E-state index contributed by atoms with van der Waals surface area (Å²) in [5, 5.41) is 13.0. The Morgan fingerprint density at radius 1 is 1.39 bits per heavy atom. The third kappa shape index (κ3) is 2.48. The van der Waals surface area contributed by atoms with Crippen molar-refractivity contribution in [3.05, 3.63) is 6.33 Å². The Morgan fingerprint density at radius 2 is 2.11 bits per heavy atom. The Morgan fingerprint density at radius 3 is 2.72 bits per heavy atom. The number of nitrogens with zero attached hydrogens (tertiary/aromatic N) is 2. The largest absolute Gasteiger partial charge is 0.490 e. The van der Waals surface area contributed by atoms with Crippen molar-refractivity contribution < 1.29 is 9.84 Å². The Balaban J connectivity index is 2.24. The van der Waals surface area contributed by atoms with Gasteiger partial charge in [0.15, 0.2) is 11.6 Å². The highest BCUT2D eigenvalue weighted by atomic mass is 16.5. The average Bonchev–Trinajstić information content (AvgIpc) is 2.40. The number of aliphatic hydroxyl groups excluding tert-OH is 1. The van der Waals surface area contributed by atoms with Gasteiger partial charge in [-0.2, -0.15) is 0 Å². The Labute approximate surface area is 107 Å². The van der Waals surface area contributed by atoms with E-state index in [0.717, 1.165) is 25.7 Å². The molecular formula is C12H20N4O2. The van der Waals surface area contributed by atoms with E-state index in [1.54, 1.807) is 0 Å². The van der Waals surface area contributed by atoms with Crippen molar-refractivity contribution in [3.8, 4) is 5.75 Å². The molecule has 0 amide bonds. The first-order chi connectivity index (χ1) is 8.71. The van der Waals surface area contributed by atoms with E-state index < -0.39 is 0 Å². The third-order valence-electron chi connectivity index (χ3n) is 3.53. The first-order valence-corrected chi connectivity index (χ1v) is 6.24. The third-order valence-corrected chi connectivity index (χ3v) is 3.53. The quantitative estimate of drug-likeness (QED) is 0.745. The van der Waals surface area contributed by atoms with Gasteiger partial charge in [0, 0.05) is 0 Å². The minimum atomic E-state index is -0.313. The van der Waals surface area contributed by atoms with Gasteiger partial charge in [-0.3, -0.25) is 0 Å². The number of nitrogens with two attached hydrogens (primary N) is 1. The molecule has 1 aliphatic rings. The van der Waals surface area contributed by atoms with E-state index in [1.165, 1.54) is 19.9 Å². The summed E-state index contributed by atoms with van der Waals surface area (Å²) < 4.78 is 5.21. The summed E-state index contributed by atoms with van der Waals surface area (Å²) in [7, 11) is 1.53. The molecule has 1 fully saturated rings. The minimum Gasteiger partial charge on any atom is -0.490 e. The molecule has 4 N–H and O–H groups in total. The number of methoxy groups -OCH3 is 1. The van der Waals surface area contributed by atoms with Gasteiger partial charge < -0.3 is 20.9 Å². The van der Waals surface area contributed by atoms with Crippen LogP contribution in [-0.2, 0) is 0 Å². The molecule has 0 bridgehead atoms. The highest BCUT2D eigenvalue weighted by Crippen LogP contribution is 2.35. The number of nitrogens with one attached hydrogen (secondary N) is 1. The van der Waals surface area contributed by atoms with E-state index in [4.69, 9.17) is 10.5 Å². The zero-order chi connectivity index (χ0) is 13.0. The summed E-state index contributed by atoms with van der Waals surface area (Å²) in [4.78, 5) is 8.05. The van der Waals surface area contributed by atoms with Crippen LogP contribution in [0, 0.1) is 0 Å². The summed E-state index contributed by atoms with van der Waals surface area (Å²) in [6, 6.07) is 0. The van der Waals surface area contributed by atoms with Gasteiger partial charge in [0.05, 0.1) is 19.3 Å². The topological polar surface area (TPSA) is 93.3 Å². The Bertz CT molecular complexity index is 405. The van der Waals surface area contributed by atoms with Gasteiger partial charge >= 0.3 is 0 Å². The van der Waals surface area contributed by atoms with E-state index in [-0.39, 0.29) is 12.1 Å². The number of aromatic nitrogens is 2. The van der Waals surface area contributed by atoms with E-state index in [9.17, 15) is 5.11 Å². The standard InChI is InChI=1S/C12H20N4O2/c1-18-9-10(13)14-8-15-11(9)16-12(7-17)5-3-2-4-6-12/h8,17H,2-7H2,1H3,(H3,13,14,15,16). The van der Waals surface area contributed by atoms with E-state index >= 15 is 0 Å². The number of hydrogen-bond acceptors (Lipinski definition) is 6. The Hall–Kier alpha value is -1.56. The summed E-state index contributed by atoms with van der Waals surface area (Å²) in [6.07, 6.45) is 6.68. The normalized spacial score (nSPS) is 18.3. The zero-order valence-corrected chi connectivity index (χ0v) is 10.6. The first kappa shape index (κ1) is 12.9. The number of nitrogen functional groups attached to an aromatic ring is 1. The lowest BCUT2D eigenvalue weighted by Crippen LogP contribution is -2.44. The predicted octanol–water partition coefficient (Wildman–Crippen LogP) is 1.17. The molecule has 6 heteroatoms. The fourth-order valence-electron chi connectivity index (χ4n) is 2.48. The van der Waals surface area contributed by atoms with Crippen molar-refractivity contribution in [1.29, 1.82) is 0 Å². The summed E-state index contributed by atoms with van der Waals surface area (Å²) in [6.45, 7) is 0.0834. The second-order valence-corrected chi connectivity index (χ2v) is 4.76. The van der Waals surface area contributed by atoms with E-state index in [0.29, 0.717) is 17.4 Å². The van der Waals surface area contributed by atoms with Crippen LogP contribution in [0.3, 0.4) is 0 Å². The summed E-state index contributed by atoms with van der Waals surface area (Å²) >= 11 is 0. The van der Waals surface area contributed by atoms with Crippen LogP contribution in [0.1, 0.15) is 32.1 Å². The second kappa shape index (κ2) is 5.39. The lowest BCUT2D eigenvalue weighted by Gasteiger charge is -2.37. The van der Waals surface area contributed by atoms with Gasteiger partial charge in [0.1, 0.15) is 6.33 Å². The number of aliphatic hydroxyl groups is 1. The molecule has 1 aromatic rings. The van der Waals surface area contributed by atoms with Crippen LogP contribution in [0.4, 0.5) is 11.6 Å². The van der Waals surface area contributed by atoms with Crippen LogP contribution in [-0.4, -0.2) is 34.3 Å². The van der Waals surface area contributed by atoms with Crippen LogP contribution in [0.15, 0.2) is 6.33 Å². The molecule has 0 aliphatic heterocycles. The van der Waals surface area contributed by atoms with Crippen molar-refractivity contribution in [2.75, 3.05) is 24.8 Å². The monoisotopic (exact) mass is 252 g/mol. The van der Waals surface area contributed by atoms with Gasteiger partial charge in [0.25, 0.3) is 0 Å². The molecule has 18 heavy (non-hydrogen) atoms. The second-order valence-electron chi connectivity index (χ2n) is 4.76. The SMILES string of the molecule is COc1c(N)ncnc1NC1(CO)CCCCC1. The average molecular weight is 252 g/mol. The number of ether oxygens (including phenoxy) is 1. The molecular weight excluding hydrogens is 232 g/mol.